The summed E-state index contributed by atoms with van der Waals surface area (Å²) in [5.41, 5.74) is 0.391. The number of carbonyl (C=O) groups is 1. The Labute approximate surface area is 129 Å². The summed E-state index contributed by atoms with van der Waals surface area (Å²) in [5.74, 6) is 2.23. The van der Waals surface area contributed by atoms with Gasteiger partial charge in [0.1, 0.15) is 12.1 Å². The Balaban J connectivity index is 1.48. The standard InChI is InChI=1S/C16H20N4O2/c21-16(14-5-9-22-18-14)20-7-1-2-13(11-20)15-17-6-8-19(15)10-12-3-4-12/h5-6,8-9,12-13H,1-4,7,10-11H2/t13-/m1/s1. The monoisotopic (exact) mass is 300 g/mol. The fourth-order valence-corrected chi connectivity index (χ4v) is 3.27. The van der Waals surface area contributed by atoms with E-state index in [1.54, 1.807) is 6.07 Å². The van der Waals surface area contributed by atoms with Crippen LogP contribution in [0.2, 0.25) is 0 Å². The molecule has 1 aliphatic carbocycles. The summed E-state index contributed by atoms with van der Waals surface area (Å²) in [7, 11) is 0. The van der Waals surface area contributed by atoms with Crippen LogP contribution in [0.15, 0.2) is 29.2 Å². The molecule has 6 nitrogen and oxygen atoms in total. The minimum absolute atomic E-state index is 0.0428. The lowest BCUT2D eigenvalue weighted by molar-refractivity contribution is 0.0692. The highest BCUT2D eigenvalue weighted by Crippen LogP contribution is 2.33. The molecule has 1 amide bonds. The van der Waals surface area contributed by atoms with Crippen LogP contribution in [0.4, 0.5) is 0 Å². The topological polar surface area (TPSA) is 64.2 Å². The normalized spacial score (nSPS) is 22.0. The lowest BCUT2D eigenvalue weighted by atomic mass is 9.96. The average molecular weight is 300 g/mol. The quantitative estimate of drug-likeness (QED) is 0.869. The second kappa shape index (κ2) is 5.59. The number of rotatable bonds is 4. The van der Waals surface area contributed by atoms with E-state index in [4.69, 9.17) is 4.52 Å². The van der Waals surface area contributed by atoms with E-state index in [9.17, 15) is 4.79 Å². The van der Waals surface area contributed by atoms with Crippen molar-refractivity contribution < 1.29 is 9.32 Å². The minimum atomic E-state index is -0.0428. The van der Waals surface area contributed by atoms with Crippen LogP contribution in [-0.4, -0.2) is 38.6 Å². The van der Waals surface area contributed by atoms with E-state index >= 15 is 0 Å². The molecule has 1 saturated carbocycles. The van der Waals surface area contributed by atoms with Gasteiger partial charge in [-0.1, -0.05) is 5.16 Å². The van der Waals surface area contributed by atoms with Gasteiger partial charge in [-0.25, -0.2) is 4.98 Å². The largest absolute Gasteiger partial charge is 0.364 e. The van der Waals surface area contributed by atoms with E-state index in [1.165, 1.54) is 19.1 Å². The first-order valence-electron chi connectivity index (χ1n) is 8.02. The summed E-state index contributed by atoms with van der Waals surface area (Å²) in [6.45, 7) is 2.57. The van der Waals surface area contributed by atoms with Gasteiger partial charge in [-0.05, 0) is 31.6 Å². The molecule has 2 aromatic rings. The van der Waals surface area contributed by atoms with Crippen molar-refractivity contribution in [2.24, 2.45) is 5.92 Å². The molecule has 0 aromatic carbocycles. The van der Waals surface area contributed by atoms with E-state index in [1.807, 2.05) is 11.1 Å². The second-order valence-corrected chi connectivity index (χ2v) is 6.36. The molecule has 2 aromatic heterocycles. The lowest BCUT2D eigenvalue weighted by Crippen LogP contribution is -2.40. The van der Waals surface area contributed by atoms with Crippen molar-refractivity contribution in [2.45, 2.75) is 38.1 Å². The first-order valence-corrected chi connectivity index (χ1v) is 8.02. The molecule has 0 bridgehead atoms. The van der Waals surface area contributed by atoms with Crippen LogP contribution < -0.4 is 0 Å². The van der Waals surface area contributed by atoms with Gasteiger partial charge in [0, 0.05) is 44.0 Å². The van der Waals surface area contributed by atoms with Gasteiger partial charge in [0.15, 0.2) is 5.69 Å². The molecule has 2 fully saturated rings. The number of amides is 1. The number of hydrogen-bond donors (Lipinski definition) is 0. The van der Waals surface area contributed by atoms with Gasteiger partial charge in [-0.15, -0.1) is 0 Å². The zero-order chi connectivity index (χ0) is 14.9. The summed E-state index contributed by atoms with van der Waals surface area (Å²) in [5, 5.41) is 3.76. The van der Waals surface area contributed by atoms with Gasteiger partial charge in [0.25, 0.3) is 5.91 Å². The van der Waals surface area contributed by atoms with Gasteiger partial charge in [-0.2, -0.15) is 0 Å². The molecule has 3 heterocycles. The minimum Gasteiger partial charge on any atom is -0.364 e. The lowest BCUT2D eigenvalue weighted by Gasteiger charge is -2.32. The number of nitrogens with zero attached hydrogens (tertiary/aromatic N) is 4. The molecule has 0 spiro atoms. The molecule has 4 rings (SSSR count). The summed E-state index contributed by atoms with van der Waals surface area (Å²) < 4.78 is 7.07. The predicted octanol–water partition coefficient (Wildman–Crippen LogP) is 2.30. The van der Waals surface area contributed by atoms with Crippen LogP contribution in [0.1, 0.15) is 47.9 Å². The molecule has 6 heteroatoms. The maximum Gasteiger partial charge on any atom is 0.276 e. The van der Waals surface area contributed by atoms with Crippen LogP contribution in [0.3, 0.4) is 0 Å². The highest BCUT2D eigenvalue weighted by Gasteiger charge is 2.30. The Morgan fingerprint density at radius 3 is 3.05 bits per heavy atom. The number of imidazole rings is 1. The zero-order valence-electron chi connectivity index (χ0n) is 12.5. The van der Waals surface area contributed by atoms with E-state index in [0.29, 0.717) is 18.2 Å². The maximum absolute atomic E-state index is 12.4. The molecule has 1 atom stereocenters. The smallest absolute Gasteiger partial charge is 0.276 e. The van der Waals surface area contributed by atoms with Crippen LogP contribution in [0, 0.1) is 5.92 Å². The Kier molecular flexibility index (Phi) is 3.44. The van der Waals surface area contributed by atoms with Gasteiger partial charge >= 0.3 is 0 Å². The zero-order valence-corrected chi connectivity index (χ0v) is 12.5. The summed E-state index contributed by atoms with van der Waals surface area (Å²) in [6.07, 6.45) is 10.2. The fraction of sp³-hybridized carbons (Fsp3) is 0.562. The van der Waals surface area contributed by atoms with E-state index < -0.39 is 0 Å². The van der Waals surface area contributed by atoms with Crippen molar-refractivity contribution in [3.63, 3.8) is 0 Å². The van der Waals surface area contributed by atoms with Crippen LogP contribution in [0.25, 0.3) is 0 Å². The van der Waals surface area contributed by atoms with Gasteiger partial charge in [0.2, 0.25) is 0 Å². The van der Waals surface area contributed by atoms with Crippen LogP contribution >= 0.6 is 0 Å². The summed E-state index contributed by atoms with van der Waals surface area (Å²) >= 11 is 0. The molecular weight excluding hydrogens is 280 g/mol. The number of carbonyl (C=O) groups excluding carboxylic acids is 1. The van der Waals surface area contributed by atoms with E-state index in [2.05, 4.69) is 20.9 Å². The molecule has 0 radical (unpaired) electrons. The first-order chi connectivity index (χ1) is 10.8. The third-order valence-electron chi connectivity index (χ3n) is 4.63. The second-order valence-electron chi connectivity index (χ2n) is 6.36. The van der Waals surface area contributed by atoms with E-state index in [-0.39, 0.29) is 5.91 Å². The van der Waals surface area contributed by atoms with Crippen molar-refractivity contribution in [2.75, 3.05) is 13.1 Å². The fourth-order valence-electron chi connectivity index (χ4n) is 3.27. The average Bonchev–Trinajstić information content (AvgIpc) is 3.04. The highest BCUT2D eigenvalue weighted by atomic mass is 16.5. The van der Waals surface area contributed by atoms with Crippen LogP contribution in [-0.2, 0) is 6.54 Å². The van der Waals surface area contributed by atoms with Crippen molar-refractivity contribution in [3.05, 3.63) is 36.2 Å². The predicted molar refractivity (Wildman–Crippen MR) is 79.3 cm³/mol. The Bertz CT molecular complexity index is 645. The Morgan fingerprint density at radius 2 is 2.27 bits per heavy atom. The van der Waals surface area contributed by atoms with Crippen molar-refractivity contribution in [3.8, 4) is 0 Å². The summed E-state index contributed by atoms with van der Waals surface area (Å²) in [6, 6.07) is 1.62. The Hall–Kier alpha value is -2.11. The molecule has 2 aliphatic rings. The number of piperidine rings is 1. The van der Waals surface area contributed by atoms with Gasteiger partial charge < -0.3 is 14.0 Å². The third-order valence-corrected chi connectivity index (χ3v) is 4.63. The van der Waals surface area contributed by atoms with Crippen molar-refractivity contribution >= 4 is 5.91 Å². The SMILES string of the molecule is O=C(c1ccon1)N1CCC[C@@H](c2nccn2CC2CC2)C1. The molecule has 0 unspecified atom stereocenters. The molecule has 1 aliphatic heterocycles. The highest BCUT2D eigenvalue weighted by molar-refractivity contribution is 5.92. The first kappa shape index (κ1) is 13.5. The van der Waals surface area contributed by atoms with Crippen molar-refractivity contribution in [1.82, 2.24) is 19.6 Å². The molecule has 0 N–H and O–H groups in total. The third kappa shape index (κ3) is 2.65. The maximum atomic E-state index is 12.4. The molecular formula is C16H20N4O2. The molecule has 1 saturated heterocycles. The molecule has 22 heavy (non-hydrogen) atoms. The number of aromatic nitrogens is 3. The van der Waals surface area contributed by atoms with Crippen LogP contribution in [0.5, 0.6) is 0 Å². The summed E-state index contributed by atoms with van der Waals surface area (Å²) in [4.78, 5) is 18.9. The Morgan fingerprint density at radius 1 is 1.36 bits per heavy atom. The van der Waals surface area contributed by atoms with Gasteiger partial charge in [-0.3, -0.25) is 4.79 Å². The van der Waals surface area contributed by atoms with Gasteiger partial charge in [0.05, 0.1) is 0 Å². The molecule has 116 valence electrons. The number of hydrogen-bond acceptors (Lipinski definition) is 4. The number of likely N-dealkylation sites (tertiary alicyclic amines) is 1. The van der Waals surface area contributed by atoms with Crippen molar-refractivity contribution in [1.29, 1.82) is 0 Å². The van der Waals surface area contributed by atoms with E-state index in [0.717, 1.165) is 37.7 Å².